The topological polar surface area (TPSA) is 67.8 Å². The molecule has 0 fully saturated rings. The van der Waals surface area contributed by atoms with Crippen LogP contribution in [-0.4, -0.2) is 29.7 Å². The van der Waals surface area contributed by atoms with Crippen LogP contribution in [0.4, 0.5) is 26.3 Å². The second kappa shape index (κ2) is 5.95. The Labute approximate surface area is 100 Å². The maximum absolute atomic E-state index is 12.5. The van der Waals surface area contributed by atoms with E-state index in [2.05, 4.69) is 14.1 Å². The highest BCUT2D eigenvalue weighted by atomic mass is 32.2. The van der Waals surface area contributed by atoms with Crippen molar-refractivity contribution in [3.63, 3.8) is 0 Å². The quantitative estimate of drug-likeness (QED) is 0.251. The van der Waals surface area contributed by atoms with Gasteiger partial charge in [-0.1, -0.05) is 0 Å². The molecule has 0 heterocycles. The van der Waals surface area contributed by atoms with Gasteiger partial charge in [0.2, 0.25) is 0 Å². The van der Waals surface area contributed by atoms with Crippen LogP contribution in [-0.2, 0) is 18.9 Å². The van der Waals surface area contributed by atoms with Crippen molar-refractivity contribution in [1.29, 1.82) is 0 Å². The molecule has 5 nitrogen and oxygen atoms in total. The van der Waals surface area contributed by atoms with E-state index in [1.54, 1.807) is 0 Å². The van der Waals surface area contributed by atoms with Crippen molar-refractivity contribution in [2.75, 3.05) is 6.61 Å². The van der Waals surface area contributed by atoms with Gasteiger partial charge < -0.3 is 9.99 Å². The van der Waals surface area contributed by atoms with E-state index in [1.807, 2.05) is 0 Å². The van der Waals surface area contributed by atoms with Gasteiger partial charge in [-0.25, -0.2) is 4.79 Å². The lowest BCUT2D eigenvalue weighted by Gasteiger charge is -2.32. The Kier molecular flexibility index (Phi) is 5.71. The molecule has 0 aliphatic heterocycles. The lowest BCUT2D eigenvalue weighted by Crippen LogP contribution is -2.60. The molecule has 0 saturated carbocycles. The number of carbonyl (C=O) groups excluding carboxylic acids is 1. The van der Waals surface area contributed by atoms with E-state index in [9.17, 15) is 36.4 Å². The lowest BCUT2D eigenvalue weighted by molar-refractivity contribution is -0.777. The number of rotatable bonds is 5. The molecule has 0 radical (unpaired) electrons. The molecule has 0 aliphatic rings. The third-order valence-electron chi connectivity index (χ3n) is 1.55. The fourth-order valence-corrected chi connectivity index (χ4v) is 1.26. The molecule has 0 unspecified atom stereocenters. The molecular weight excluding hydrogens is 298 g/mol. The molecule has 0 aromatic rings. The molecule has 108 valence electrons. The molecule has 0 bridgehead atoms. The highest BCUT2D eigenvalue weighted by Gasteiger charge is 2.79. The minimum Gasteiger partial charge on any atom is -0.691 e. The van der Waals surface area contributed by atoms with Gasteiger partial charge in [0.25, 0.3) is 0 Å². The molecule has 0 aromatic carbocycles. The van der Waals surface area contributed by atoms with Gasteiger partial charge in [-0.2, -0.15) is 30.7 Å². The van der Waals surface area contributed by atoms with Crippen LogP contribution in [0.2, 0.25) is 0 Å². The minimum atomic E-state index is -6.11. The predicted molar refractivity (Wildman–Crippen MR) is 41.2 cm³/mol. The van der Waals surface area contributed by atoms with Crippen molar-refractivity contribution in [1.82, 2.24) is 0 Å². The molecule has 18 heavy (non-hydrogen) atoms. The number of hydrogen-bond donors (Lipinski definition) is 0. The van der Waals surface area contributed by atoms with Gasteiger partial charge in [-0.05, 0) is 6.92 Å². The van der Waals surface area contributed by atoms with Crippen molar-refractivity contribution in [3.8, 4) is 0 Å². The highest BCUT2D eigenvalue weighted by Crippen LogP contribution is 2.53. The van der Waals surface area contributed by atoms with Crippen LogP contribution >= 0.6 is 12.0 Å². The first kappa shape index (κ1) is 17.3. The molecule has 0 spiro atoms. The van der Waals surface area contributed by atoms with Crippen LogP contribution in [0.5, 0.6) is 0 Å². The molecular formula is C6H5F6O5S-. The van der Waals surface area contributed by atoms with Gasteiger partial charge in [-0.15, -0.1) is 0 Å². The van der Waals surface area contributed by atoms with E-state index >= 15 is 0 Å². The summed E-state index contributed by atoms with van der Waals surface area (Å²) in [5.41, 5.74) is 0. The number of esters is 1. The van der Waals surface area contributed by atoms with Gasteiger partial charge in [0.1, 0.15) is 0 Å². The zero-order valence-electron chi connectivity index (χ0n) is 8.42. The maximum Gasteiger partial charge on any atom is 0.425 e. The Bertz CT molecular complexity index is 275. The Balaban J connectivity index is 5.64. The monoisotopic (exact) mass is 303 g/mol. The summed E-state index contributed by atoms with van der Waals surface area (Å²) in [4.78, 5) is 10.9. The first-order chi connectivity index (χ1) is 8.04. The summed E-state index contributed by atoms with van der Waals surface area (Å²) >= 11 is -1.53. The van der Waals surface area contributed by atoms with Crippen molar-refractivity contribution in [2.24, 2.45) is 0 Å². The fraction of sp³-hybridized carbons (Fsp3) is 0.833. The molecule has 0 aliphatic carbocycles. The number of alkyl halides is 6. The van der Waals surface area contributed by atoms with Gasteiger partial charge in [0.15, 0.2) is 0 Å². The summed E-state index contributed by atoms with van der Waals surface area (Å²) in [6.45, 7) is 0.274. The lowest BCUT2D eigenvalue weighted by atomic mass is 10.1. The normalized spacial score (nSPS) is 13.6. The maximum atomic E-state index is 12.5. The summed E-state index contributed by atoms with van der Waals surface area (Å²) in [6, 6.07) is 0. The third-order valence-corrected chi connectivity index (χ3v) is 2.55. The van der Waals surface area contributed by atoms with Crippen molar-refractivity contribution >= 4 is 18.0 Å². The van der Waals surface area contributed by atoms with E-state index in [0.717, 1.165) is 6.92 Å². The van der Waals surface area contributed by atoms with Gasteiger partial charge in [-0.3, -0.25) is 5.04 Å². The van der Waals surface area contributed by atoms with E-state index < -0.39 is 41.7 Å². The van der Waals surface area contributed by atoms with Crippen LogP contribution in [0.3, 0.4) is 0 Å². The molecule has 0 N–H and O–H groups in total. The van der Waals surface area contributed by atoms with E-state index in [-0.39, 0.29) is 0 Å². The van der Waals surface area contributed by atoms with Crippen molar-refractivity contribution in [3.05, 3.63) is 0 Å². The standard InChI is InChI=1S/C6H6F6O5S/c1-2-15-3(13)4(5(7,8)9,6(10,11)12)18-17-16-14/h14H,2H2,1H3/p-1. The fourth-order valence-electron chi connectivity index (χ4n) is 0.818. The van der Waals surface area contributed by atoms with Crippen molar-refractivity contribution < 1.29 is 50.5 Å². The highest BCUT2D eigenvalue weighted by molar-refractivity contribution is 7.96. The SMILES string of the molecule is CCOC(=O)C(SOO[O-])(C(F)(F)F)C(F)(F)F. The number of carbonyl (C=O) groups is 1. The molecule has 12 heteroatoms. The molecule has 0 amide bonds. The molecule has 0 rings (SSSR count). The third kappa shape index (κ3) is 3.18. The second-order valence-corrected chi connectivity index (χ2v) is 3.53. The van der Waals surface area contributed by atoms with Crippen LogP contribution < -0.4 is 5.26 Å². The van der Waals surface area contributed by atoms with Crippen LogP contribution in [0, 0.1) is 0 Å². The molecule has 0 saturated heterocycles. The predicted octanol–water partition coefficient (Wildman–Crippen LogP) is 1.28. The minimum absolute atomic E-state index is 0.731. The van der Waals surface area contributed by atoms with Gasteiger partial charge in [0, 0.05) is 0 Å². The number of hydrogen-bond acceptors (Lipinski definition) is 6. The molecule has 0 atom stereocenters. The average Bonchev–Trinajstić information content (AvgIpc) is 2.14. The summed E-state index contributed by atoms with van der Waals surface area (Å²) < 4.78 is 76.6. The largest absolute Gasteiger partial charge is 0.691 e. The number of ether oxygens (including phenoxy) is 1. The van der Waals surface area contributed by atoms with E-state index in [4.69, 9.17) is 0 Å². The Hall–Kier alpha value is -0.720. The summed E-state index contributed by atoms with van der Waals surface area (Å²) in [6.07, 6.45) is -12.2. The first-order valence-corrected chi connectivity index (χ1v) is 4.73. The summed E-state index contributed by atoms with van der Waals surface area (Å²) in [5.74, 6) is -2.66. The zero-order valence-corrected chi connectivity index (χ0v) is 9.24. The smallest absolute Gasteiger partial charge is 0.425 e. The number of halogens is 6. The van der Waals surface area contributed by atoms with Crippen LogP contribution in [0.1, 0.15) is 6.92 Å². The first-order valence-electron chi connectivity index (χ1n) is 3.99. The van der Waals surface area contributed by atoms with Crippen LogP contribution in [0.15, 0.2) is 0 Å². The van der Waals surface area contributed by atoms with E-state index in [0.29, 0.717) is 0 Å². The Morgan fingerprint density at radius 3 is 1.89 bits per heavy atom. The second-order valence-electron chi connectivity index (χ2n) is 2.62. The molecule has 0 aromatic heterocycles. The van der Waals surface area contributed by atoms with Gasteiger partial charge >= 0.3 is 23.1 Å². The Morgan fingerprint density at radius 2 is 1.61 bits per heavy atom. The summed E-state index contributed by atoms with van der Waals surface area (Å²) in [5, 5.41) is 11.8. The Morgan fingerprint density at radius 1 is 1.17 bits per heavy atom. The average molecular weight is 303 g/mol. The van der Waals surface area contributed by atoms with Crippen molar-refractivity contribution in [2.45, 2.75) is 24.0 Å². The van der Waals surface area contributed by atoms with E-state index in [1.165, 1.54) is 0 Å². The summed E-state index contributed by atoms with van der Waals surface area (Å²) in [7, 11) is 0. The van der Waals surface area contributed by atoms with Gasteiger partial charge in [0.05, 0.1) is 18.6 Å². The van der Waals surface area contributed by atoms with Crippen LogP contribution in [0.25, 0.3) is 0 Å². The zero-order chi connectivity index (χ0) is 14.6.